The minimum Gasteiger partial charge on any atom is -0.478 e. The van der Waals surface area contributed by atoms with Crippen LogP contribution in [0.5, 0.6) is 0 Å². The molecule has 1 rings (SSSR count). The van der Waals surface area contributed by atoms with Gasteiger partial charge in [0.05, 0.1) is 0 Å². The van der Waals surface area contributed by atoms with Gasteiger partial charge < -0.3 is 15.2 Å². The number of carbonyl (C=O) groups excluding carboxylic acids is 1. The highest BCUT2D eigenvalue weighted by molar-refractivity contribution is 5.87. The van der Waals surface area contributed by atoms with Gasteiger partial charge in [-0.15, -0.1) is 0 Å². The molecule has 0 unspecified atom stereocenters. The van der Waals surface area contributed by atoms with Crippen molar-refractivity contribution in [3.63, 3.8) is 0 Å². The molecule has 1 atom stereocenters. The maximum atomic E-state index is 11.4. The van der Waals surface area contributed by atoms with E-state index in [4.69, 9.17) is 9.84 Å². The van der Waals surface area contributed by atoms with Gasteiger partial charge in [-0.2, -0.15) is 0 Å². The van der Waals surface area contributed by atoms with Crippen LogP contribution in [0.15, 0.2) is 11.6 Å². The SMILES string of the molecule is CC(C)(C)OC(=O)N[C@@H]1CC=C(C(=O)O)C1. The number of aliphatic carboxylic acids is 1. The summed E-state index contributed by atoms with van der Waals surface area (Å²) in [7, 11) is 0. The first-order valence-electron chi connectivity index (χ1n) is 5.20. The molecule has 1 aliphatic carbocycles. The van der Waals surface area contributed by atoms with Crippen LogP contribution in [-0.4, -0.2) is 28.8 Å². The predicted octanol–water partition coefficient (Wildman–Crippen LogP) is 1.68. The van der Waals surface area contributed by atoms with Crippen molar-refractivity contribution in [2.75, 3.05) is 0 Å². The van der Waals surface area contributed by atoms with Gasteiger partial charge in [-0.05, 0) is 33.6 Å². The van der Waals surface area contributed by atoms with Gasteiger partial charge in [-0.25, -0.2) is 9.59 Å². The van der Waals surface area contributed by atoms with Gasteiger partial charge in [0.15, 0.2) is 0 Å². The van der Waals surface area contributed by atoms with Crippen molar-refractivity contribution < 1.29 is 19.4 Å². The second-order valence-corrected chi connectivity index (χ2v) is 4.82. The molecule has 0 aromatic heterocycles. The van der Waals surface area contributed by atoms with E-state index in [1.54, 1.807) is 26.8 Å². The van der Waals surface area contributed by atoms with Crippen LogP contribution < -0.4 is 5.32 Å². The summed E-state index contributed by atoms with van der Waals surface area (Å²) in [5, 5.41) is 11.4. The van der Waals surface area contributed by atoms with Crippen LogP contribution >= 0.6 is 0 Å². The molecule has 0 aromatic carbocycles. The standard InChI is InChI=1S/C11H17NO4/c1-11(2,3)16-10(15)12-8-5-4-7(6-8)9(13)14/h4,8H,5-6H2,1-3H3,(H,12,15)(H,13,14)/t8-/m1/s1. The first-order valence-corrected chi connectivity index (χ1v) is 5.20. The summed E-state index contributed by atoms with van der Waals surface area (Å²) in [6.07, 6.45) is 2.03. The summed E-state index contributed by atoms with van der Waals surface area (Å²) in [6.45, 7) is 5.34. The van der Waals surface area contributed by atoms with Gasteiger partial charge in [0.2, 0.25) is 0 Å². The number of carboxylic acid groups (broad SMARTS) is 1. The van der Waals surface area contributed by atoms with Crippen LogP contribution in [0.25, 0.3) is 0 Å². The molecule has 0 spiro atoms. The van der Waals surface area contributed by atoms with Gasteiger partial charge in [0.25, 0.3) is 0 Å². The number of ether oxygens (including phenoxy) is 1. The first-order chi connectivity index (χ1) is 7.28. The Balaban J connectivity index is 2.37. The monoisotopic (exact) mass is 227 g/mol. The van der Waals surface area contributed by atoms with Crippen molar-refractivity contribution in [1.29, 1.82) is 0 Å². The Morgan fingerprint density at radius 3 is 2.56 bits per heavy atom. The van der Waals surface area contributed by atoms with E-state index in [0.717, 1.165) is 0 Å². The molecule has 1 amide bonds. The van der Waals surface area contributed by atoms with Gasteiger partial charge in [-0.1, -0.05) is 6.08 Å². The smallest absolute Gasteiger partial charge is 0.407 e. The number of nitrogens with one attached hydrogen (secondary N) is 1. The van der Waals surface area contributed by atoms with Crippen molar-refractivity contribution in [3.8, 4) is 0 Å². The number of carbonyl (C=O) groups is 2. The molecule has 0 saturated heterocycles. The molecule has 0 saturated carbocycles. The minimum absolute atomic E-state index is 0.166. The molecule has 1 aliphatic rings. The van der Waals surface area contributed by atoms with E-state index in [1.165, 1.54) is 0 Å². The molecule has 0 aromatic rings. The third-order valence-electron chi connectivity index (χ3n) is 2.11. The van der Waals surface area contributed by atoms with E-state index in [1.807, 2.05) is 0 Å². The molecule has 0 aliphatic heterocycles. The normalized spacial score (nSPS) is 20.2. The van der Waals surface area contributed by atoms with Crippen LogP contribution in [0, 0.1) is 0 Å². The predicted molar refractivity (Wildman–Crippen MR) is 58.1 cm³/mol. The second-order valence-electron chi connectivity index (χ2n) is 4.82. The maximum absolute atomic E-state index is 11.4. The molecule has 0 bridgehead atoms. The summed E-state index contributed by atoms with van der Waals surface area (Å²) < 4.78 is 5.07. The molecule has 90 valence electrons. The van der Waals surface area contributed by atoms with Gasteiger partial charge >= 0.3 is 12.1 Å². The quantitative estimate of drug-likeness (QED) is 0.752. The van der Waals surface area contributed by atoms with Crippen LogP contribution in [0.4, 0.5) is 4.79 Å². The lowest BCUT2D eigenvalue weighted by Crippen LogP contribution is -2.38. The Kier molecular flexibility index (Phi) is 3.57. The van der Waals surface area contributed by atoms with E-state index in [-0.39, 0.29) is 6.04 Å². The van der Waals surface area contributed by atoms with E-state index < -0.39 is 17.7 Å². The lowest BCUT2D eigenvalue weighted by Gasteiger charge is -2.21. The minimum atomic E-state index is -0.923. The molecule has 5 nitrogen and oxygen atoms in total. The van der Waals surface area contributed by atoms with E-state index in [9.17, 15) is 9.59 Å². The van der Waals surface area contributed by atoms with Crippen molar-refractivity contribution in [2.24, 2.45) is 0 Å². The Morgan fingerprint density at radius 1 is 1.50 bits per heavy atom. The third-order valence-corrected chi connectivity index (χ3v) is 2.11. The van der Waals surface area contributed by atoms with Gasteiger partial charge in [0, 0.05) is 11.6 Å². The molecular formula is C11H17NO4. The fourth-order valence-electron chi connectivity index (χ4n) is 1.48. The first kappa shape index (κ1) is 12.5. The summed E-state index contributed by atoms with van der Waals surface area (Å²) >= 11 is 0. The number of alkyl carbamates (subject to hydrolysis) is 1. The van der Waals surface area contributed by atoms with Crippen LogP contribution in [0.1, 0.15) is 33.6 Å². The van der Waals surface area contributed by atoms with E-state index in [0.29, 0.717) is 18.4 Å². The number of amides is 1. The summed E-state index contributed by atoms with van der Waals surface area (Å²) in [4.78, 5) is 22.0. The lowest BCUT2D eigenvalue weighted by molar-refractivity contribution is -0.132. The summed E-state index contributed by atoms with van der Waals surface area (Å²) in [6, 6.07) is -0.166. The lowest BCUT2D eigenvalue weighted by atomic mass is 10.2. The van der Waals surface area contributed by atoms with Crippen LogP contribution in [-0.2, 0) is 9.53 Å². The second kappa shape index (κ2) is 4.55. The van der Waals surface area contributed by atoms with Crippen molar-refractivity contribution in [2.45, 2.75) is 45.3 Å². The van der Waals surface area contributed by atoms with Crippen LogP contribution in [0.3, 0.4) is 0 Å². The fraction of sp³-hybridized carbons (Fsp3) is 0.636. The van der Waals surface area contributed by atoms with Gasteiger partial charge in [-0.3, -0.25) is 0 Å². The number of hydrogen-bond acceptors (Lipinski definition) is 3. The van der Waals surface area contributed by atoms with Crippen molar-refractivity contribution in [3.05, 3.63) is 11.6 Å². The average molecular weight is 227 g/mol. The number of hydrogen-bond donors (Lipinski definition) is 2. The average Bonchev–Trinajstić information content (AvgIpc) is 2.48. The molecule has 2 N–H and O–H groups in total. The fourth-order valence-corrected chi connectivity index (χ4v) is 1.48. The Morgan fingerprint density at radius 2 is 2.12 bits per heavy atom. The highest BCUT2D eigenvalue weighted by Gasteiger charge is 2.24. The largest absolute Gasteiger partial charge is 0.478 e. The van der Waals surface area contributed by atoms with Gasteiger partial charge in [0.1, 0.15) is 5.60 Å². The van der Waals surface area contributed by atoms with Crippen LogP contribution in [0.2, 0.25) is 0 Å². The Bertz CT molecular complexity index is 327. The molecule has 0 radical (unpaired) electrons. The summed E-state index contributed by atoms with van der Waals surface area (Å²) in [5.41, 5.74) is -0.188. The maximum Gasteiger partial charge on any atom is 0.407 e. The van der Waals surface area contributed by atoms with Crippen molar-refractivity contribution >= 4 is 12.1 Å². The topological polar surface area (TPSA) is 75.6 Å². The third kappa shape index (κ3) is 3.92. The van der Waals surface area contributed by atoms with E-state index >= 15 is 0 Å². The molecule has 16 heavy (non-hydrogen) atoms. The number of carboxylic acids is 1. The van der Waals surface area contributed by atoms with Crippen molar-refractivity contribution in [1.82, 2.24) is 5.32 Å². The molecule has 0 heterocycles. The molecular weight excluding hydrogens is 210 g/mol. The number of rotatable bonds is 2. The zero-order valence-electron chi connectivity index (χ0n) is 9.74. The Labute approximate surface area is 94.5 Å². The molecule has 0 fully saturated rings. The summed E-state index contributed by atoms with van der Waals surface area (Å²) in [5.74, 6) is -0.923. The Hall–Kier alpha value is -1.52. The highest BCUT2D eigenvalue weighted by atomic mass is 16.6. The zero-order valence-corrected chi connectivity index (χ0v) is 9.74. The highest BCUT2D eigenvalue weighted by Crippen LogP contribution is 2.19. The zero-order chi connectivity index (χ0) is 12.3. The van der Waals surface area contributed by atoms with E-state index in [2.05, 4.69) is 5.32 Å². The molecule has 5 heteroatoms.